The highest BCUT2D eigenvalue weighted by Crippen LogP contribution is 2.29. The number of carbonyl (C=O) groups is 1. The Bertz CT molecular complexity index is 426. The van der Waals surface area contributed by atoms with Crippen molar-refractivity contribution < 1.29 is 4.79 Å². The molecule has 0 bridgehead atoms. The van der Waals surface area contributed by atoms with E-state index in [2.05, 4.69) is 0 Å². The molecule has 1 atom stereocenters. The Hall–Kier alpha value is -0.480. The van der Waals surface area contributed by atoms with Crippen molar-refractivity contribution in [2.24, 2.45) is 5.73 Å². The highest BCUT2D eigenvalue weighted by atomic mass is 35.5. The van der Waals surface area contributed by atoms with E-state index in [0.717, 1.165) is 5.56 Å². The zero-order valence-corrected chi connectivity index (χ0v) is 13.4. The number of halogens is 3. The highest BCUT2D eigenvalue weighted by Gasteiger charge is 2.19. The molecule has 0 fully saturated rings. The summed E-state index contributed by atoms with van der Waals surface area (Å²) in [5.74, 6) is 0.0685. The van der Waals surface area contributed by atoms with Crippen LogP contribution in [0, 0.1) is 0 Å². The second-order valence-corrected chi connectivity index (χ2v) is 5.08. The highest BCUT2D eigenvalue weighted by molar-refractivity contribution is 6.35. The predicted molar refractivity (Wildman–Crippen MR) is 83.2 cm³/mol. The van der Waals surface area contributed by atoms with Crippen LogP contribution in [-0.2, 0) is 4.79 Å². The standard InChI is InChI=1S/C13H18Cl2N2O.ClH/c1-9(17(2)13(18)4-3-7-16)11-6-5-10(14)8-12(11)15;/h5-6,8-9H,3-4,7,16H2,1-2H3;1H. The van der Waals surface area contributed by atoms with E-state index in [-0.39, 0.29) is 24.4 Å². The summed E-state index contributed by atoms with van der Waals surface area (Å²) < 4.78 is 0. The first kappa shape index (κ1) is 18.5. The molecule has 0 spiro atoms. The maximum absolute atomic E-state index is 11.9. The number of benzene rings is 1. The van der Waals surface area contributed by atoms with Crippen molar-refractivity contribution >= 4 is 41.5 Å². The van der Waals surface area contributed by atoms with Gasteiger partial charge in [0.15, 0.2) is 0 Å². The van der Waals surface area contributed by atoms with Crippen molar-refractivity contribution in [1.29, 1.82) is 0 Å². The van der Waals surface area contributed by atoms with Crippen molar-refractivity contribution in [1.82, 2.24) is 4.90 Å². The largest absolute Gasteiger partial charge is 0.339 e. The van der Waals surface area contributed by atoms with Crippen molar-refractivity contribution in [3.05, 3.63) is 33.8 Å². The molecule has 3 nitrogen and oxygen atoms in total. The van der Waals surface area contributed by atoms with Crippen molar-refractivity contribution in [2.45, 2.75) is 25.8 Å². The predicted octanol–water partition coefficient (Wildman–Crippen LogP) is 3.67. The van der Waals surface area contributed by atoms with Crippen LogP contribution in [0.1, 0.15) is 31.4 Å². The zero-order chi connectivity index (χ0) is 13.7. The molecule has 0 saturated carbocycles. The van der Waals surface area contributed by atoms with Crippen LogP contribution >= 0.6 is 35.6 Å². The smallest absolute Gasteiger partial charge is 0.222 e. The summed E-state index contributed by atoms with van der Waals surface area (Å²) in [5, 5.41) is 1.17. The summed E-state index contributed by atoms with van der Waals surface area (Å²) in [4.78, 5) is 13.6. The molecule has 0 radical (unpaired) electrons. The van der Waals surface area contributed by atoms with Crippen LogP contribution < -0.4 is 5.73 Å². The van der Waals surface area contributed by atoms with Crippen LogP contribution in [0.15, 0.2) is 18.2 Å². The number of rotatable bonds is 5. The van der Waals surface area contributed by atoms with Gasteiger partial charge in [-0.05, 0) is 37.6 Å². The summed E-state index contributed by atoms with van der Waals surface area (Å²) in [6.45, 7) is 2.46. The second kappa shape index (κ2) is 8.64. The molecule has 0 aromatic heterocycles. The van der Waals surface area contributed by atoms with E-state index >= 15 is 0 Å². The number of amides is 1. The average molecular weight is 326 g/mol. The Morgan fingerprint density at radius 3 is 2.58 bits per heavy atom. The van der Waals surface area contributed by atoms with Gasteiger partial charge in [0.05, 0.1) is 6.04 Å². The minimum absolute atomic E-state index is 0. The number of hydrogen-bond donors (Lipinski definition) is 1. The number of hydrogen-bond acceptors (Lipinski definition) is 2. The summed E-state index contributed by atoms with van der Waals surface area (Å²) in [6.07, 6.45) is 1.16. The minimum atomic E-state index is -0.0833. The summed E-state index contributed by atoms with van der Waals surface area (Å²) in [5.41, 5.74) is 6.29. The third-order valence-corrected chi connectivity index (χ3v) is 3.54. The van der Waals surface area contributed by atoms with E-state index in [1.165, 1.54) is 0 Å². The lowest BCUT2D eigenvalue weighted by molar-refractivity contribution is -0.131. The van der Waals surface area contributed by atoms with Gasteiger partial charge >= 0.3 is 0 Å². The van der Waals surface area contributed by atoms with Crippen molar-refractivity contribution in [2.75, 3.05) is 13.6 Å². The molecule has 0 aliphatic carbocycles. The normalized spacial score (nSPS) is 11.6. The topological polar surface area (TPSA) is 46.3 Å². The van der Waals surface area contributed by atoms with Gasteiger partial charge in [-0.1, -0.05) is 29.3 Å². The number of carbonyl (C=O) groups excluding carboxylic acids is 1. The van der Waals surface area contributed by atoms with Crippen LogP contribution in [-0.4, -0.2) is 24.4 Å². The first-order chi connectivity index (χ1) is 8.47. The molecular weight excluding hydrogens is 307 g/mol. The molecule has 0 saturated heterocycles. The number of nitrogens with two attached hydrogens (primary N) is 1. The van der Waals surface area contributed by atoms with E-state index in [0.29, 0.717) is 29.4 Å². The van der Waals surface area contributed by atoms with Gasteiger partial charge < -0.3 is 10.6 Å². The van der Waals surface area contributed by atoms with E-state index in [4.69, 9.17) is 28.9 Å². The van der Waals surface area contributed by atoms with Gasteiger partial charge in [0.25, 0.3) is 0 Å². The molecule has 1 rings (SSSR count). The van der Waals surface area contributed by atoms with Crippen molar-refractivity contribution in [3.63, 3.8) is 0 Å². The molecule has 108 valence electrons. The molecular formula is C13H19Cl3N2O. The first-order valence-corrected chi connectivity index (χ1v) is 6.63. The third kappa shape index (κ3) is 5.19. The van der Waals surface area contributed by atoms with Gasteiger partial charge in [-0.2, -0.15) is 0 Å². The molecule has 6 heteroatoms. The minimum Gasteiger partial charge on any atom is -0.339 e. The molecule has 1 aromatic rings. The first-order valence-electron chi connectivity index (χ1n) is 5.88. The van der Waals surface area contributed by atoms with E-state index in [1.54, 1.807) is 24.1 Å². The van der Waals surface area contributed by atoms with Gasteiger partial charge in [0.1, 0.15) is 0 Å². The summed E-state index contributed by atoms with van der Waals surface area (Å²) >= 11 is 12.0. The van der Waals surface area contributed by atoms with E-state index < -0.39 is 0 Å². The Labute approximate surface area is 130 Å². The lowest BCUT2D eigenvalue weighted by Crippen LogP contribution is -2.30. The Morgan fingerprint density at radius 1 is 1.42 bits per heavy atom. The van der Waals surface area contributed by atoms with Crippen LogP contribution in [0.4, 0.5) is 0 Å². The average Bonchev–Trinajstić information content (AvgIpc) is 2.34. The fraction of sp³-hybridized carbons (Fsp3) is 0.462. The summed E-state index contributed by atoms with van der Waals surface area (Å²) in [7, 11) is 1.77. The lowest BCUT2D eigenvalue weighted by atomic mass is 10.1. The van der Waals surface area contributed by atoms with E-state index in [1.807, 2.05) is 13.0 Å². The van der Waals surface area contributed by atoms with Gasteiger partial charge in [0, 0.05) is 23.5 Å². The zero-order valence-electron chi connectivity index (χ0n) is 11.0. The van der Waals surface area contributed by atoms with Crippen LogP contribution in [0.5, 0.6) is 0 Å². The maximum Gasteiger partial charge on any atom is 0.222 e. The molecule has 0 heterocycles. The fourth-order valence-electron chi connectivity index (χ4n) is 1.69. The van der Waals surface area contributed by atoms with Gasteiger partial charge in [-0.3, -0.25) is 4.79 Å². The van der Waals surface area contributed by atoms with Crippen molar-refractivity contribution in [3.8, 4) is 0 Å². The molecule has 0 aliphatic rings. The second-order valence-electron chi connectivity index (χ2n) is 4.24. The molecule has 1 amide bonds. The van der Waals surface area contributed by atoms with Crippen LogP contribution in [0.3, 0.4) is 0 Å². The molecule has 0 aliphatic heterocycles. The molecule has 1 aromatic carbocycles. The Kier molecular flexibility index (Phi) is 8.42. The molecule has 1 unspecified atom stereocenters. The maximum atomic E-state index is 11.9. The van der Waals surface area contributed by atoms with Gasteiger partial charge in [-0.25, -0.2) is 0 Å². The van der Waals surface area contributed by atoms with Gasteiger partial charge in [0.2, 0.25) is 5.91 Å². The number of nitrogens with zero attached hydrogens (tertiary/aromatic N) is 1. The SMILES string of the molecule is CC(c1ccc(Cl)cc1Cl)N(C)C(=O)CCCN.Cl. The monoisotopic (exact) mass is 324 g/mol. The Balaban J connectivity index is 0.00000324. The van der Waals surface area contributed by atoms with Crippen LogP contribution in [0.2, 0.25) is 10.0 Å². The third-order valence-electron chi connectivity index (χ3n) is 2.98. The quantitative estimate of drug-likeness (QED) is 0.897. The van der Waals surface area contributed by atoms with E-state index in [9.17, 15) is 4.79 Å². The van der Waals surface area contributed by atoms with Crippen LogP contribution in [0.25, 0.3) is 0 Å². The molecule has 2 N–H and O–H groups in total. The Morgan fingerprint density at radius 2 is 2.05 bits per heavy atom. The summed E-state index contributed by atoms with van der Waals surface area (Å²) in [6, 6.07) is 5.23. The van der Waals surface area contributed by atoms with Gasteiger partial charge in [-0.15, -0.1) is 12.4 Å². The molecule has 19 heavy (non-hydrogen) atoms. The fourth-order valence-corrected chi connectivity index (χ4v) is 2.26. The lowest BCUT2D eigenvalue weighted by Gasteiger charge is -2.26.